The monoisotopic (exact) mass is 226 g/mol. The summed E-state index contributed by atoms with van der Waals surface area (Å²) >= 11 is 0. The highest BCUT2D eigenvalue weighted by molar-refractivity contribution is 5.74. The van der Waals surface area contributed by atoms with Gasteiger partial charge in [0.15, 0.2) is 0 Å². The molecular weight excluding hydrogens is 212 g/mol. The number of hydrogen-bond acceptors (Lipinski definition) is 2. The minimum Gasteiger partial charge on any atom is -0.457 e. The maximum Gasteiger partial charge on any atom is 0.150 e. The third-order valence-electron chi connectivity index (χ3n) is 2.45. The van der Waals surface area contributed by atoms with Crippen molar-refractivity contribution in [3.8, 4) is 11.5 Å². The van der Waals surface area contributed by atoms with Crippen LogP contribution in [0.3, 0.4) is 0 Å². The third-order valence-corrected chi connectivity index (χ3v) is 2.45. The molecule has 0 saturated carbocycles. The van der Waals surface area contributed by atoms with Crippen LogP contribution in [0.25, 0.3) is 0 Å². The number of aryl methyl sites for hydroxylation is 2. The van der Waals surface area contributed by atoms with E-state index in [1.54, 1.807) is 24.3 Å². The van der Waals surface area contributed by atoms with Gasteiger partial charge in [-0.2, -0.15) is 0 Å². The maximum atomic E-state index is 10.5. The van der Waals surface area contributed by atoms with E-state index in [-0.39, 0.29) is 0 Å². The van der Waals surface area contributed by atoms with Gasteiger partial charge in [-0.3, -0.25) is 4.79 Å². The van der Waals surface area contributed by atoms with Gasteiger partial charge >= 0.3 is 0 Å². The minimum absolute atomic E-state index is 0.651. The Balaban J connectivity index is 2.21. The third kappa shape index (κ3) is 2.94. The largest absolute Gasteiger partial charge is 0.457 e. The van der Waals surface area contributed by atoms with Crippen molar-refractivity contribution in [3.63, 3.8) is 0 Å². The van der Waals surface area contributed by atoms with Crippen molar-refractivity contribution >= 4 is 6.29 Å². The fraction of sp³-hybridized carbons (Fsp3) is 0.133. The van der Waals surface area contributed by atoms with Crippen LogP contribution in [0.2, 0.25) is 0 Å². The molecule has 2 nitrogen and oxygen atoms in total. The molecule has 0 spiro atoms. The average Bonchev–Trinajstić information content (AvgIpc) is 2.28. The molecule has 0 fully saturated rings. The molecular formula is C15H14O2. The molecule has 0 aliphatic carbocycles. The van der Waals surface area contributed by atoms with Crippen LogP contribution in [0.5, 0.6) is 11.5 Å². The summed E-state index contributed by atoms with van der Waals surface area (Å²) in [6, 6.07) is 13.1. The van der Waals surface area contributed by atoms with Crippen LogP contribution >= 0.6 is 0 Å². The highest BCUT2D eigenvalue weighted by Crippen LogP contribution is 2.23. The van der Waals surface area contributed by atoms with Gasteiger partial charge in [0.25, 0.3) is 0 Å². The van der Waals surface area contributed by atoms with Gasteiger partial charge in [0, 0.05) is 5.56 Å². The number of carbonyl (C=O) groups excluding carboxylic acids is 1. The number of benzene rings is 2. The lowest BCUT2D eigenvalue weighted by molar-refractivity contribution is 0.112. The second-order valence-corrected chi connectivity index (χ2v) is 4.11. The van der Waals surface area contributed by atoms with E-state index in [9.17, 15) is 4.79 Å². The predicted octanol–water partition coefficient (Wildman–Crippen LogP) is 3.91. The SMILES string of the molecule is Cc1cc(C)cc(Oc2ccc(C=O)cc2)c1. The van der Waals surface area contributed by atoms with Crippen molar-refractivity contribution in [2.75, 3.05) is 0 Å². The van der Waals surface area contributed by atoms with Gasteiger partial charge in [-0.1, -0.05) is 6.07 Å². The van der Waals surface area contributed by atoms with E-state index in [4.69, 9.17) is 4.74 Å². The van der Waals surface area contributed by atoms with Gasteiger partial charge in [-0.15, -0.1) is 0 Å². The standard InChI is InChI=1S/C15H14O2/c1-11-7-12(2)9-15(8-11)17-14-5-3-13(10-16)4-6-14/h3-10H,1-2H3. The van der Waals surface area contributed by atoms with E-state index in [0.717, 1.165) is 17.8 Å². The molecule has 0 aromatic heterocycles. The van der Waals surface area contributed by atoms with E-state index in [1.165, 1.54) is 11.1 Å². The molecule has 0 radical (unpaired) electrons. The Bertz CT molecular complexity index is 507. The summed E-state index contributed by atoms with van der Waals surface area (Å²) in [4.78, 5) is 10.5. The predicted molar refractivity (Wildman–Crippen MR) is 67.8 cm³/mol. The number of aldehydes is 1. The lowest BCUT2D eigenvalue weighted by atomic mass is 10.1. The van der Waals surface area contributed by atoms with Crippen LogP contribution in [0.1, 0.15) is 21.5 Å². The molecule has 2 aromatic carbocycles. The topological polar surface area (TPSA) is 26.3 Å². The number of carbonyl (C=O) groups is 1. The normalized spacial score (nSPS) is 10.0. The summed E-state index contributed by atoms with van der Waals surface area (Å²) in [7, 11) is 0. The first kappa shape index (κ1) is 11.4. The molecule has 0 heterocycles. The second kappa shape index (κ2) is 4.83. The fourth-order valence-corrected chi connectivity index (χ4v) is 1.74. The average molecular weight is 226 g/mol. The highest BCUT2D eigenvalue weighted by Gasteiger charge is 1.99. The molecule has 0 atom stereocenters. The van der Waals surface area contributed by atoms with E-state index in [2.05, 4.69) is 6.07 Å². The Morgan fingerprint density at radius 2 is 1.47 bits per heavy atom. The van der Waals surface area contributed by atoms with Crippen LogP contribution in [-0.2, 0) is 0 Å². The molecule has 0 unspecified atom stereocenters. The van der Waals surface area contributed by atoms with Crippen LogP contribution in [0.4, 0.5) is 0 Å². The fourth-order valence-electron chi connectivity index (χ4n) is 1.74. The van der Waals surface area contributed by atoms with Crippen LogP contribution in [0.15, 0.2) is 42.5 Å². The first-order valence-electron chi connectivity index (χ1n) is 5.49. The quantitative estimate of drug-likeness (QED) is 0.742. The van der Waals surface area contributed by atoms with E-state index in [0.29, 0.717) is 5.56 Å². The van der Waals surface area contributed by atoms with Gasteiger partial charge in [0.05, 0.1) is 0 Å². The van der Waals surface area contributed by atoms with E-state index >= 15 is 0 Å². The Morgan fingerprint density at radius 1 is 0.882 bits per heavy atom. The Kier molecular flexibility index (Phi) is 3.24. The molecule has 17 heavy (non-hydrogen) atoms. The lowest BCUT2D eigenvalue weighted by Crippen LogP contribution is -1.87. The molecule has 0 bridgehead atoms. The van der Waals surface area contributed by atoms with Gasteiger partial charge in [-0.05, 0) is 61.4 Å². The molecule has 0 amide bonds. The number of hydrogen-bond donors (Lipinski definition) is 0. The molecule has 2 aromatic rings. The van der Waals surface area contributed by atoms with Crippen molar-refractivity contribution in [2.24, 2.45) is 0 Å². The van der Waals surface area contributed by atoms with Crippen molar-refractivity contribution in [1.82, 2.24) is 0 Å². The molecule has 2 heteroatoms. The molecule has 2 rings (SSSR count). The molecule has 0 saturated heterocycles. The summed E-state index contributed by atoms with van der Waals surface area (Å²) in [5, 5.41) is 0. The van der Waals surface area contributed by atoms with Crippen molar-refractivity contribution < 1.29 is 9.53 Å². The zero-order valence-electron chi connectivity index (χ0n) is 9.94. The van der Waals surface area contributed by atoms with Gasteiger partial charge < -0.3 is 4.74 Å². The van der Waals surface area contributed by atoms with E-state index in [1.807, 2.05) is 26.0 Å². The number of ether oxygens (including phenoxy) is 1. The van der Waals surface area contributed by atoms with E-state index < -0.39 is 0 Å². The first-order chi connectivity index (χ1) is 8.17. The highest BCUT2D eigenvalue weighted by atomic mass is 16.5. The van der Waals surface area contributed by atoms with Crippen molar-refractivity contribution in [2.45, 2.75) is 13.8 Å². The summed E-state index contributed by atoms with van der Waals surface area (Å²) in [5.74, 6) is 1.56. The lowest BCUT2D eigenvalue weighted by Gasteiger charge is -2.07. The van der Waals surface area contributed by atoms with Crippen molar-refractivity contribution in [3.05, 3.63) is 59.2 Å². The Labute approximate surface area is 101 Å². The molecule has 0 N–H and O–H groups in total. The van der Waals surface area contributed by atoms with Gasteiger partial charge in [-0.25, -0.2) is 0 Å². The zero-order chi connectivity index (χ0) is 12.3. The Hall–Kier alpha value is -2.09. The summed E-state index contributed by atoms with van der Waals surface area (Å²) in [6.45, 7) is 4.07. The van der Waals surface area contributed by atoms with Crippen LogP contribution in [-0.4, -0.2) is 6.29 Å². The molecule has 0 aliphatic heterocycles. The van der Waals surface area contributed by atoms with Crippen LogP contribution in [0, 0.1) is 13.8 Å². The van der Waals surface area contributed by atoms with Crippen LogP contribution < -0.4 is 4.74 Å². The van der Waals surface area contributed by atoms with Gasteiger partial charge in [0.2, 0.25) is 0 Å². The smallest absolute Gasteiger partial charge is 0.150 e. The zero-order valence-corrected chi connectivity index (χ0v) is 9.94. The molecule has 0 aliphatic rings. The Morgan fingerprint density at radius 3 is 2.00 bits per heavy atom. The summed E-state index contributed by atoms with van der Waals surface area (Å²) in [5.41, 5.74) is 2.99. The minimum atomic E-state index is 0.651. The maximum absolute atomic E-state index is 10.5. The first-order valence-corrected chi connectivity index (χ1v) is 5.49. The summed E-state index contributed by atoms with van der Waals surface area (Å²) in [6.07, 6.45) is 0.820. The number of rotatable bonds is 3. The van der Waals surface area contributed by atoms with Crippen molar-refractivity contribution in [1.29, 1.82) is 0 Å². The second-order valence-electron chi connectivity index (χ2n) is 4.11. The molecule has 86 valence electrons. The summed E-state index contributed by atoms with van der Waals surface area (Å²) < 4.78 is 5.72. The van der Waals surface area contributed by atoms with Gasteiger partial charge in [0.1, 0.15) is 17.8 Å².